The fraction of sp³-hybridized carbons (Fsp3) is 0.500. The first-order chi connectivity index (χ1) is 20.5. The molecule has 4 rings (SSSR count). The van der Waals surface area contributed by atoms with Crippen LogP contribution in [-0.2, 0) is 4.74 Å². The molecule has 232 valence electrons. The average Bonchev–Trinajstić information content (AvgIpc) is 2.95. The van der Waals surface area contributed by atoms with Gasteiger partial charge in [-0.1, -0.05) is 18.2 Å². The van der Waals surface area contributed by atoms with Gasteiger partial charge in [0, 0.05) is 30.2 Å². The summed E-state index contributed by atoms with van der Waals surface area (Å²) in [4.78, 5) is 28.3. The number of fused-ring (bicyclic) bond motifs is 1. The molecule has 1 aromatic heterocycles. The third-order valence-electron chi connectivity index (χ3n) is 7.24. The van der Waals surface area contributed by atoms with Crippen LogP contribution in [0.15, 0.2) is 41.7 Å². The van der Waals surface area contributed by atoms with Crippen LogP contribution in [-0.4, -0.2) is 79.5 Å². The number of hydrogen-bond acceptors (Lipinski definition) is 8. The highest BCUT2D eigenvalue weighted by Crippen LogP contribution is 2.35. The van der Waals surface area contributed by atoms with Gasteiger partial charge >= 0.3 is 6.09 Å². The van der Waals surface area contributed by atoms with Crippen LogP contribution in [0.25, 0.3) is 10.9 Å². The number of aryl methyl sites for hydroxylation is 2. The second-order valence-corrected chi connectivity index (χ2v) is 12.0. The first-order valence-electron chi connectivity index (χ1n) is 14.8. The van der Waals surface area contributed by atoms with E-state index in [2.05, 4.69) is 37.9 Å². The monoisotopic (exact) mass is 591 g/mol. The number of carbonyl (C=O) groups excluding carboxylic acids is 1. The number of methoxy groups -OCH3 is 1. The summed E-state index contributed by atoms with van der Waals surface area (Å²) in [7, 11) is 3.78. The number of ether oxygens (including phenoxy) is 3. The van der Waals surface area contributed by atoms with Crippen LogP contribution < -0.4 is 25.4 Å². The Morgan fingerprint density at radius 1 is 1.05 bits per heavy atom. The summed E-state index contributed by atoms with van der Waals surface area (Å²) in [6.07, 6.45) is 3.25. The lowest BCUT2D eigenvalue weighted by atomic mass is 9.98. The van der Waals surface area contributed by atoms with Gasteiger partial charge in [0.2, 0.25) is 5.96 Å². The SMILES string of the molecule is COc1cc2c(/N=C(\NCCNC(=O)OC(C)(C)C)Nc3c(C)cccc3C)ncnc2cc1OCC1CCN(C)CC1. The molecule has 0 atom stereocenters. The number of aliphatic imine (C=N–C) groups is 1. The molecule has 0 spiro atoms. The normalized spacial score (nSPS) is 14.8. The van der Waals surface area contributed by atoms with Crippen LogP contribution in [0.3, 0.4) is 0 Å². The zero-order chi connectivity index (χ0) is 31.0. The van der Waals surface area contributed by atoms with Crippen LogP contribution in [0.2, 0.25) is 0 Å². The number of anilines is 1. The van der Waals surface area contributed by atoms with Crippen molar-refractivity contribution in [1.29, 1.82) is 0 Å². The van der Waals surface area contributed by atoms with Gasteiger partial charge in [-0.2, -0.15) is 4.99 Å². The number of carbonyl (C=O) groups is 1. The molecule has 1 aliphatic heterocycles. The molecule has 1 amide bonds. The van der Waals surface area contributed by atoms with E-state index in [1.807, 2.05) is 65.0 Å². The van der Waals surface area contributed by atoms with E-state index in [0.717, 1.165) is 48.1 Å². The molecule has 1 fully saturated rings. The largest absolute Gasteiger partial charge is 0.493 e. The number of nitrogens with zero attached hydrogens (tertiary/aromatic N) is 4. The maximum absolute atomic E-state index is 12.1. The quantitative estimate of drug-likeness (QED) is 0.175. The molecule has 2 heterocycles. The predicted molar refractivity (Wildman–Crippen MR) is 171 cm³/mol. The molecule has 0 unspecified atom stereocenters. The molecule has 1 aliphatic rings. The molecule has 43 heavy (non-hydrogen) atoms. The van der Waals surface area contributed by atoms with Gasteiger partial charge in [-0.3, -0.25) is 0 Å². The molecule has 11 nitrogen and oxygen atoms in total. The topological polar surface area (TPSA) is 122 Å². The summed E-state index contributed by atoms with van der Waals surface area (Å²) in [6, 6.07) is 9.85. The Labute approximate surface area is 254 Å². The molecule has 0 radical (unpaired) electrons. The summed E-state index contributed by atoms with van der Waals surface area (Å²) in [6.45, 7) is 13.1. The standard InChI is InChI=1S/C32H45N7O4/c1-21-9-8-10-22(2)28(21)37-30(33-13-14-34-31(40)43-32(3,4)5)38-29-24-17-26(41-7)27(18-25(24)35-20-36-29)42-19-23-11-15-39(6)16-12-23/h8-10,17-18,20,23H,11-16,19H2,1-7H3,(H,34,40)(H2,33,35,36,37,38). The van der Waals surface area contributed by atoms with E-state index in [1.165, 1.54) is 6.33 Å². The number of rotatable bonds is 9. The first kappa shape index (κ1) is 31.8. The van der Waals surface area contributed by atoms with Crippen molar-refractivity contribution in [1.82, 2.24) is 25.5 Å². The third kappa shape index (κ3) is 9.18. The number of benzene rings is 2. The minimum Gasteiger partial charge on any atom is -0.493 e. The summed E-state index contributed by atoms with van der Waals surface area (Å²) in [5.74, 6) is 2.71. The Morgan fingerprint density at radius 3 is 2.42 bits per heavy atom. The van der Waals surface area contributed by atoms with Crippen molar-refractivity contribution < 1.29 is 19.0 Å². The Hall–Kier alpha value is -4.12. The number of nitrogens with one attached hydrogen (secondary N) is 3. The Balaban J connectivity index is 1.57. The van der Waals surface area contributed by atoms with Gasteiger partial charge in [-0.25, -0.2) is 14.8 Å². The number of likely N-dealkylation sites (tertiary alicyclic amines) is 1. The lowest BCUT2D eigenvalue weighted by Gasteiger charge is -2.28. The van der Waals surface area contributed by atoms with E-state index >= 15 is 0 Å². The van der Waals surface area contributed by atoms with Gasteiger partial charge in [0.25, 0.3) is 0 Å². The maximum Gasteiger partial charge on any atom is 0.407 e. The number of amides is 1. The first-order valence-corrected chi connectivity index (χ1v) is 14.8. The molecule has 3 aromatic rings. The maximum atomic E-state index is 12.1. The van der Waals surface area contributed by atoms with Crippen molar-refractivity contribution in [3.8, 4) is 11.5 Å². The summed E-state index contributed by atoms with van der Waals surface area (Å²) >= 11 is 0. The molecule has 0 saturated carbocycles. The van der Waals surface area contributed by atoms with E-state index in [-0.39, 0.29) is 0 Å². The van der Waals surface area contributed by atoms with E-state index in [0.29, 0.717) is 54.4 Å². The van der Waals surface area contributed by atoms with Gasteiger partial charge in [0.1, 0.15) is 11.9 Å². The van der Waals surface area contributed by atoms with E-state index in [1.54, 1.807) is 7.11 Å². The van der Waals surface area contributed by atoms with Crippen molar-refractivity contribution in [2.75, 3.05) is 52.3 Å². The van der Waals surface area contributed by atoms with Gasteiger partial charge < -0.3 is 35.1 Å². The summed E-state index contributed by atoms with van der Waals surface area (Å²) in [5, 5.41) is 10.2. The van der Waals surface area contributed by atoms with Crippen LogP contribution in [0, 0.1) is 19.8 Å². The third-order valence-corrected chi connectivity index (χ3v) is 7.24. The van der Waals surface area contributed by atoms with E-state index in [9.17, 15) is 4.79 Å². The molecule has 3 N–H and O–H groups in total. The fourth-order valence-electron chi connectivity index (χ4n) is 4.86. The number of piperidine rings is 1. The van der Waals surface area contributed by atoms with Crippen molar-refractivity contribution in [3.05, 3.63) is 47.8 Å². The number of hydrogen-bond donors (Lipinski definition) is 3. The minimum absolute atomic E-state index is 0.332. The zero-order valence-electron chi connectivity index (χ0n) is 26.4. The lowest BCUT2D eigenvalue weighted by molar-refractivity contribution is 0.0529. The highest BCUT2D eigenvalue weighted by Gasteiger charge is 2.19. The molecule has 1 saturated heterocycles. The Kier molecular flexibility index (Phi) is 10.6. The molecular formula is C32H45N7O4. The molecule has 11 heteroatoms. The van der Waals surface area contributed by atoms with Crippen LogP contribution in [0.1, 0.15) is 44.7 Å². The zero-order valence-corrected chi connectivity index (χ0v) is 26.4. The van der Waals surface area contributed by atoms with E-state index < -0.39 is 11.7 Å². The molecule has 0 bridgehead atoms. The summed E-state index contributed by atoms with van der Waals surface area (Å²) < 4.78 is 17.3. The predicted octanol–water partition coefficient (Wildman–Crippen LogP) is 5.19. The van der Waals surface area contributed by atoms with Crippen molar-refractivity contribution in [3.63, 3.8) is 0 Å². The molecule has 0 aliphatic carbocycles. The second-order valence-electron chi connectivity index (χ2n) is 12.0. The highest BCUT2D eigenvalue weighted by atomic mass is 16.6. The Morgan fingerprint density at radius 2 is 1.74 bits per heavy atom. The number of guanidine groups is 1. The highest BCUT2D eigenvalue weighted by molar-refractivity contribution is 5.99. The number of aromatic nitrogens is 2. The Bertz CT molecular complexity index is 1410. The average molecular weight is 592 g/mol. The van der Waals surface area contributed by atoms with Crippen LogP contribution in [0.5, 0.6) is 11.5 Å². The lowest BCUT2D eigenvalue weighted by Crippen LogP contribution is -2.39. The van der Waals surface area contributed by atoms with Gasteiger partial charge in [0.15, 0.2) is 17.3 Å². The van der Waals surface area contributed by atoms with Gasteiger partial charge in [-0.05, 0) is 90.7 Å². The van der Waals surface area contributed by atoms with Crippen LogP contribution >= 0.6 is 0 Å². The van der Waals surface area contributed by atoms with Gasteiger partial charge in [-0.15, -0.1) is 0 Å². The minimum atomic E-state index is -0.568. The van der Waals surface area contributed by atoms with Gasteiger partial charge in [0.05, 0.1) is 19.2 Å². The second kappa shape index (κ2) is 14.4. The molecule has 2 aromatic carbocycles. The molecular weight excluding hydrogens is 546 g/mol. The van der Waals surface area contributed by atoms with Crippen molar-refractivity contribution in [2.24, 2.45) is 10.9 Å². The smallest absolute Gasteiger partial charge is 0.407 e. The van der Waals surface area contributed by atoms with Crippen LogP contribution in [0.4, 0.5) is 16.3 Å². The fourth-order valence-corrected chi connectivity index (χ4v) is 4.86. The number of para-hydroxylation sites is 1. The van der Waals surface area contributed by atoms with Crippen molar-refractivity contribution in [2.45, 2.75) is 53.1 Å². The summed E-state index contributed by atoms with van der Waals surface area (Å²) in [5.41, 5.74) is 3.21. The van der Waals surface area contributed by atoms with Crippen molar-refractivity contribution >= 4 is 34.5 Å². The van der Waals surface area contributed by atoms with E-state index in [4.69, 9.17) is 19.2 Å². The number of alkyl carbamates (subject to hydrolysis) is 1.